The van der Waals surface area contributed by atoms with Crippen molar-refractivity contribution >= 4 is 46.0 Å². The van der Waals surface area contributed by atoms with E-state index >= 15 is 0 Å². The maximum absolute atomic E-state index is 13.8. The summed E-state index contributed by atoms with van der Waals surface area (Å²) in [6.07, 6.45) is 1.42. The van der Waals surface area contributed by atoms with E-state index in [4.69, 9.17) is 37.9 Å². The number of aryl methyl sites for hydroxylation is 2. The van der Waals surface area contributed by atoms with Crippen LogP contribution in [0.3, 0.4) is 0 Å². The fraction of sp³-hybridized carbons (Fsp3) is 0.407. The van der Waals surface area contributed by atoms with Crippen molar-refractivity contribution in [3.8, 4) is 5.75 Å². The Labute approximate surface area is 219 Å². The summed E-state index contributed by atoms with van der Waals surface area (Å²) in [5.74, 6) is -0.491. The minimum absolute atomic E-state index is 0.295. The van der Waals surface area contributed by atoms with Crippen molar-refractivity contribution in [3.05, 3.63) is 62.9 Å². The number of aromatic nitrogens is 2. The zero-order chi connectivity index (χ0) is 26.0. The molecule has 0 spiro atoms. The van der Waals surface area contributed by atoms with Crippen LogP contribution in [0, 0.1) is 19.3 Å². The van der Waals surface area contributed by atoms with Crippen LogP contribution >= 0.6 is 23.2 Å². The Hall–Kier alpha value is -2.90. The number of nitrogens with zero attached hydrogens (tertiary/aromatic N) is 2. The van der Waals surface area contributed by atoms with Gasteiger partial charge in [-0.1, -0.05) is 44.0 Å². The summed E-state index contributed by atoms with van der Waals surface area (Å²) < 4.78 is 5.48. The Morgan fingerprint density at radius 2 is 1.58 bits per heavy atom. The number of rotatable bonds is 4. The fourth-order valence-electron chi connectivity index (χ4n) is 5.87. The molecular weight excluding hydrogens is 499 g/mol. The molecule has 0 saturated heterocycles. The third kappa shape index (κ3) is 3.40. The van der Waals surface area contributed by atoms with Gasteiger partial charge in [-0.05, 0) is 73.6 Å². The molecule has 9 heteroatoms. The van der Waals surface area contributed by atoms with Crippen LogP contribution in [-0.4, -0.2) is 28.4 Å². The highest BCUT2D eigenvalue weighted by atomic mass is 35.5. The van der Waals surface area contributed by atoms with Gasteiger partial charge < -0.3 is 4.74 Å². The van der Waals surface area contributed by atoms with E-state index in [1.807, 2.05) is 13.0 Å². The molecule has 1 saturated carbocycles. The van der Waals surface area contributed by atoms with Gasteiger partial charge in [-0.2, -0.15) is 0 Å². The van der Waals surface area contributed by atoms with E-state index in [0.29, 0.717) is 27.9 Å². The van der Waals surface area contributed by atoms with Gasteiger partial charge in [0.25, 0.3) is 11.8 Å². The highest BCUT2D eigenvalue weighted by Gasteiger charge is 2.73. The average molecular weight is 527 g/mol. The number of ether oxygens (including phenoxy) is 1. The van der Waals surface area contributed by atoms with E-state index in [-0.39, 0.29) is 17.9 Å². The molecule has 3 aromatic rings. The Bertz CT molecular complexity index is 1440. The first-order chi connectivity index (χ1) is 16.9. The predicted molar refractivity (Wildman–Crippen MR) is 139 cm³/mol. The smallest absolute Gasteiger partial charge is 0.276 e. The molecule has 5 rings (SSSR count). The molecule has 0 radical (unpaired) electrons. The monoisotopic (exact) mass is 526 g/mol. The van der Waals surface area contributed by atoms with Crippen LogP contribution in [0.5, 0.6) is 5.75 Å². The molecule has 1 fully saturated rings. The minimum atomic E-state index is -0.926. The van der Waals surface area contributed by atoms with Gasteiger partial charge in [0.15, 0.2) is 6.61 Å². The Morgan fingerprint density at radius 1 is 0.944 bits per heavy atom. The van der Waals surface area contributed by atoms with E-state index < -0.39 is 16.7 Å². The van der Waals surface area contributed by atoms with Crippen LogP contribution in [0.15, 0.2) is 30.3 Å². The number of benzene rings is 2. The van der Waals surface area contributed by atoms with Gasteiger partial charge in [0.2, 0.25) is 0 Å². The lowest BCUT2D eigenvalue weighted by Crippen LogP contribution is -2.56. The normalized spacial score (nSPS) is 23.4. The number of halogens is 2. The molecule has 1 aromatic heterocycles. The first-order valence-corrected chi connectivity index (χ1v) is 12.6. The van der Waals surface area contributed by atoms with Crippen LogP contribution < -0.4 is 15.6 Å². The Kier molecular flexibility index (Phi) is 5.72. The molecule has 2 aliphatic rings. The first kappa shape index (κ1) is 24.8. The quantitative estimate of drug-likeness (QED) is 0.460. The predicted octanol–water partition coefficient (Wildman–Crippen LogP) is 5.11. The van der Waals surface area contributed by atoms with Crippen molar-refractivity contribution in [2.45, 2.75) is 58.3 Å². The molecule has 2 unspecified atom stereocenters. The summed E-state index contributed by atoms with van der Waals surface area (Å²) in [5, 5.41) is 0.761. The van der Waals surface area contributed by atoms with Gasteiger partial charge >= 0.3 is 0 Å². The van der Waals surface area contributed by atoms with Crippen molar-refractivity contribution in [1.82, 2.24) is 20.8 Å². The molecular formula is C27H28Cl2N4O3. The lowest BCUT2D eigenvalue weighted by atomic mass is 9.63. The lowest BCUT2D eigenvalue weighted by Gasteiger charge is -2.39. The summed E-state index contributed by atoms with van der Waals surface area (Å²) in [4.78, 5) is 36.3. The van der Waals surface area contributed by atoms with Gasteiger partial charge in [-0.25, -0.2) is 9.97 Å². The van der Waals surface area contributed by atoms with Crippen molar-refractivity contribution in [1.29, 1.82) is 0 Å². The summed E-state index contributed by atoms with van der Waals surface area (Å²) >= 11 is 12.0. The molecule has 2 atom stereocenters. The number of nitrogens with one attached hydrogen (secondary N) is 2. The fourth-order valence-corrected chi connectivity index (χ4v) is 6.33. The van der Waals surface area contributed by atoms with Crippen LogP contribution in [0.4, 0.5) is 0 Å². The third-order valence-electron chi connectivity index (χ3n) is 8.61. The zero-order valence-corrected chi connectivity index (χ0v) is 22.4. The summed E-state index contributed by atoms with van der Waals surface area (Å²) in [6, 6.07) is 8.80. The van der Waals surface area contributed by atoms with E-state index in [1.165, 1.54) is 6.07 Å². The van der Waals surface area contributed by atoms with Crippen molar-refractivity contribution in [2.75, 3.05) is 6.61 Å². The molecule has 188 valence electrons. The van der Waals surface area contributed by atoms with E-state index in [9.17, 15) is 9.59 Å². The first-order valence-electron chi connectivity index (χ1n) is 11.9. The number of hydrogen-bond donors (Lipinski definition) is 2. The second kappa shape index (κ2) is 8.32. The molecule has 7 nitrogen and oxygen atoms in total. The molecule has 1 heterocycles. The third-order valence-corrected chi connectivity index (χ3v) is 9.14. The standard InChI is InChI=1S/C27H28Cl2N4O3/c1-14-10-18-19(11-15(14)2)31-23-22(30-18)26(5)8-9-27(23,25(26,3)4)24(35)33-32-21(34)13-36-20-7-6-16(28)12-17(20)29/h6-7,10-12H,8-9,13H2,1-5H3,(H,32,34)(H,33,35). The number of hydrogen-bond acceptors (Lipinski definition) is 5. The zero-order valence-electron chi connectivity index (χ0n) is 20.9. The van der Waals surface area contributed by atoms with Crippen LogP contribution in [-0.2, 0) is 20.4 Å². The van der Waals surface area contributed by atoms with Crippen LogP contribution in [0.2, 0.25) is 10.0 Å². The second-order valence-electron chi connectivity index (χ2n) is 10.6. The Morgan fingerprint density at radius 3 is 2.22 bits per heavy atom. The largest absolute Gasteiger partial charge is 0.482 e. The molecule has 2 bridgehead atoms. The highest BCUT2D eigenvalue weighted by molar-refractivity contribution is 6.35. The van der Waals surface area contributed by atoms with Crippen molar-refractivity contribution < 1.29 is 14.3 Å². The van der Waals surface area contributed by atoms with Gasteiger partial charge in [0.05, 0.1) is 27.4 Å². The average Bonchev–Trinajstić information content (AvgIpc) is 3.11. The highest BCUT2D eigenvalue weighted by Crippen LogP contribution is 2.70. The summed E-state index contributed by atoms with van der Waals surface area (Å²) in [6.45, 7) is 10.1. The van der Waals surface area contributed by atoms with Gasteiger partial charge in [0, 0.05) is 10.4 Å². The topological polar surface area (TPSA) is 93.2 Å². The number of amides is 2. The summed E-state index contributed by atoms with van der Waals surface area (Å²) in [5.41, 5.74) is 8.88. The number of hydrazine groups is 1. The molecule has 2 aromatic carbocycles. The van der Waals surface area contributed by atoms with Crippen molar-refractivity contribution in [2.24, 2.45) is 5.41 Å². The molecule has 2 N–H and O–H groups in total. The molecule has 0 aliphatic heterocycles. The molecule has 2 amide bonds. The Balaban J connectivity index is 1.40. The maximum atomic E-state index is 13.8. The molecule has 2 aliphatic carbocycles. The van der Waals surface area contributed by atoms with E-state index in [0.717, 1.165) is 34.3 Å². The van der Waals surface area contributed by atoms with E-state index in [2.05, 4.69) is 44.6 Å². The van der Waals surface area contributed by atoms with Gasteiger partial charge in [-0.15, -0.1) is 0 Å². The van der Waals surface area contributed by atoms with Gasteiger partial charge in [-0.3, -0.25) is 20.4 Å². The summed E-state index contributed by atoms with van der Waals surface area (Å²) in [7, 11) is 0. The minimum Gasteiger partial charge on any atom is -0.482 e. The molecule has 36 heavy (non-hydrogen) atoms. The van der Waals surface area contributed by atoms with Crippen LogP contribution in [0.1, 0.15) is 56.1 Å². The SMILES string of the molecule is Cc1cc2nc3c(nc2cc1C)C1(C(=O)NNC(=O)COc2ccc(Cl)cc2Cl)CCC3(C)C1(C)C. The number of carbonyl (C=O) groups is 2. The van der Waals surface area contributed by atoms with E-state index in [1.54, 1.807) is 12.1 Å². The maximum Gasteiger partial charge on any atom is 0.276 e. The number of carbonyl (C=O) groups excluding carboxylic acids is 2. The van der Waals surface area contributed by atoms with Crippen LogP contribution in [0.25, 0.3) is 11.0 Å². The number of fused-ring (bicyclic) bond motifs is 6. The lowest BCUT2D eigenvalue weighted by molar-refractivity contribution is -0.135. The van der Waals surface area contributed by atoms with Gasteiger partial charge in [0.1, 0.15) is 11.2 Å². The second-order valence-corrected chi connectivity index (χ2v) is 11.4. The van der Waals surface area contributed by atoms with Crippen molar-refractivity contribution in [3.63, 3.8) is 0 Å².